The molecule has 0 bridgehead atoms. The number of nitrogens with zero attached hydrogens (tertiary/aromatic N) is 1. The van der Waals surface area contributed by atoms with Gasteiger partial charge in [0.25, 0.3) is 0 Å². The molecular formula is C13H20N2. The van der Waals surface area contributed by atoms with Gasteiger partial charge in [0.05, 0.1) is 0 Å². The van der Waals surface area contributed by atoms with Crippen molar-refractivity contribution < 1.29 is 0 Å². The number of benzene rings is 1. The predicted octanol–water partition coefficient (Wildman–Crippen LogP) is 2.39. The molecule has 0 aliphatic heterocycles. The molecule has 1 aromatic rings. The van der Waals surface area contributed by atoms with Crippen molar-refractivity contribution in [2.24, 2.45) is 0 Å². The summed E-state index contributed by atoms with van der Waals surface area (Å²) in [6.45, 7) is 0.952. The SMILES string of the molecule is CNCc1ccccc1N(C)C1CCC1. The second-order valence-corrected chi connectivity index (χ2v) is 4.35. The van der Waals surface area contributed by atoms with Gasteiger partial charge in [-0.25, -0.2) is 0 Å². The largest absolute Gasteiger partial charge is 0.371 e. The second-order valence-electron chi connectivity index (χ2n) is 4.35. The van der Waals surface area contributed by atoms with Gasteiger partial charge in [0.2, 0.25) is 0 Å². The number of hydrogen-bond acceptors (Lipinski definition) is 2. The topological polar surface area (TPSA) is 15.3 Å². The lowest BCUT2D eigenvalue weighted by atomic mass is 9.91. The summed E-state index contributed by atoms with van der Waals surface area (Å²) in [5, 5.41) is 3.23. The van der Waals surface area contributed by atoms with E-state index in [1.54, 1.807) is 0 Å². The molecule has 0 spiro atoms. The van der Waals surface area contributed by atoms with E-state index in [0.29, 0.717) is 0 Å². The lowest BCUT2D eigenvalue weighted by Crippen LogP contribution is -2.37. The van der Waals surface area contributed by atoms with Crippen LogP contribution in [0.1, 0.15) is 24.8 Å². The Labute approximate surface area is 92.3 Å². The van der Waals surface area contributed by atoms with Crippen LogP contribution < -0.4 is 10.2 Å². The molecule has 2 nitrogen and oxygen atoms in total. The maximum atomic E-state index is 3.23. The van der Waals surface area contributed by atoms with Gasteiger partial charge < -0.3 is 10.2 Å². The Bertz CT molecular complexity index is 318. The van der Waals surface area contributed by atoms with Gasteiger partial charge in [-0.3, -0.25) is 0 Å². The molecule has 1 fully saturated rings. The Kier molecular flexibility index (Phi) is 3.27. The highest BCUT2D eigenvalue weighted by Crippen LogP contribution is 2.30. The van der Waals surface area contributed by atoms with Gasteiger partial charge in [0.15, 0.2) is 0 Å². The van der Waals surface area contributed by atoms with E-state index in [1.807, 2.05) is 7.05 Å². The molecule has 0 heterocycles. The molecule has 1 saturated carbocycles. The first-order chi connectivity index (χ1) is 7.33. The quantitative estimate of drug-likeness (QED) is 0.810. The summed E-state index contributed by atoms with van der Waals surface area (Å²) in [6, 6.07) is 9.45. The molecule has 1 aromatic carbocycles. The van der Waals surface area contributed by atoms with Crippen LogP contribution in [0.5, 0.6) is 0 Å². The third-order valence-electron chi connectivity index (χ3n) is 3.36. The van der Waals surface area contributed by atoms with E-state index in [-0.39, 0.29) is 0 Å². The zero-order valence-electron chi connectivity index (χ0n) is 9.66. The van der Waals surface area contributed by atoms with Crippen molar-refractivity contribution in [1.29, 1.82) is 0 Å². The van der Waals surface area contributed by atoms with Crippen molar-refractivity contribution in [3.8, 4) is 0 Å². The molecule has 2 heteroatoms. The first kappa shape index (κ1) is 10.5. The zero-order chi connectivity index (χ0) is 10.7. The van der Waals surface area contributed by atoms with Crippen LogP contribution in [0.3, 0.4) is 0 Å². The average Bonchev–Trinajstić information content (AvgIpc) is 2.16. The van der Waals surface area contributed by atoms with Gasteiger partial charge in [0.1, 0.15) is 0 Å². The van der Waals surface area contributed by atoms with Gasteiger partial charge in [-0.05, 0) is 37.9 Å². The smallest absolute Gasteiger partial charge is 0.0411 e. The third-order valence-corrected chi connectivity index (χ3v) is 3.36. The molecule has 1 aliphatic rings. The summed E-state index contributed by atoms with van der Waals surface area (Å²) in [4.78, 5) is 2.44. The summed E-state index contributed by atoms with van der Waals surface area (Å²) in [7, 11) is 4.22. The Morgan fingerprint density at radius 2 is 2.07 bits per heavy atom. The standard InChI is InChI=1S/C13H20N2/c1-14-10-11-6-3-4-9-13(11)15(2)12-7-5-8-12/h3-4,6,9,12,14H,5,7-8,10H2,1-2H3. The number of rotatable bonds is 4. The monoisotopic (exact) mass is 204 g/mol. The van der Waals surface area contributed by atoms with Crippen molar-refractivity contribution in [3.05, 3.63) is 29.8 Å². The summed E-state index contributed by atoms with van der Waals surface area (Å²) in [5.41, 5.74) is 2.78. The van der Waals surface area contributed by atoms with E-state index < -0.39 is 0 Å². The van der Waals surface area contributed by atoms with Gasteiger partial charge >= 0.3 is 0 Å². The van der Waals surface area contributed by atoms with Crippen LogP contribution in [0.25, 0.3) is 0 Å². The lowest BCUT2D eigenvalue weighted by molar-refractivity contribution is 0.400. The minimum atomic E-state index is 0.767. The average molecular weight is 204 g/mol. The van der Waals surface area contributed by atoms with Crippen LogP contribution in [0, 0.1) is 0 Å². The van der Waals surface area contributed by atoms with E-state index in [0.717, 1.165) is 12.6 Å². The zero-order valence-corrected chi connectivity index (χ0v) is 9.66. The number of hydrogen-bond donors (Lipinski definition) is 1. The fourth-order valence-corrected chi connectivity index (χ4v) is 2.17. The first-order valence-corrected chi connectivity index (χ1v) is 5.78. The summed E-state index contributed by atoms with van der Waals surface area (Å²) in [6.07, 6.45) is 4.10. The minimum Gasteiger partial charge on any atom is -0.371 e. The fourth-order valence-electron chi connectivity index (χ4n) is 2.17. The summed E-state index contributed by atoms with van der Waals surface area (Å²) >= 11 is 0. The van der Waals surface area contributed by atoms with Crippen molar-refractivity contribution in [2.75, 3.05) is 19.0 Å². The van der Waals surface area contributed by atoms with Crippen LogP contribution >= 0.6 is 0 Å². The molecule has 2 rings (SSSR count). The fraction of sp³-hybridized carbons (Fsp3) is 0.538. The van der Waals surface area contributed by atoms with Crippen molar-refractivity contribution >= 4 is 5.69 Å². The summed E-state index contributed by atoms with van der Waals surface area (Å²) < 4.78 is 0. The van der Waals surface area contributed by atoms with Crippen LogP contribution in [0.15, 0.2) is 24.3 Å². The van der Waals surface area contributed by atoms with Crippen LogP contribution in [0.2, 0.25) is 0 Å². The number of nitrogens with one attached hydrogen (secondary N) is 1. The molecule has 0 radical (unpaired) electrons. The molecule has 0 amide bonds. The van der Waals surface area contributed by atoms with Gasteiger partial charge in [-0.2, -0.15) is 0 Å². The van der Waals surface area contributed by atoms with Crippen molar-refractivity contribution in [2.45, 2.75) is 31.8 Å². The normalized spacial score (nSPS) is 16.1. The Hall–Kier alpha value is -1.02. The van der Waals surface area contributed by atoms with Crippen LogP contribution in [0.4, 0.5) is 5.69 Å². The Morgan fingerprint density at radius 3 is 2.67 bits per heavy atom. The molecule has 0 saturated heterocycles. The van der Waals surface area contributed by atoms with E-state index in [9.17, 15) is 0 Å². The second kappa shape index (κ2) is 4.67. The van der Waals surface area contributed by atoms with Gasteiger partial charge in [0, 0.05) is 25.3 Å². The highest BCUT2D eigenvalue weighted by Gasteiger charge is 2.23. The van der Waals surface area contributed by atoms with Crippen molar-refractivity contribution in [1.82, 2.24) is 5.32 Å². The van der Waals surface area contributed by atoms with Gasteiger partial charge in [-0.1, -0.05) is 18.2 Å². The van der Waals surface area contributed by atoms with E-state index in [4.69, 9.17) is 0 Å². The maximum Gasteiger partial charge on any atom is 0.0411 e. The molecule has 0 unspecified atom stereocenters. The molecule has 15 heavy (non-hydrogen) atoms. The van der Waals surface area contributed by atoms with Crippen LogP contribution in [-0.2, 0) is 6.54 Å². The Morgan fingerprint density at radius 1 is 1.33 bits per heavy atom. The number of para-hydroxylation sites is 1. The molecule has 82 valence electrons. The molecule has 0 atom stereocenters. The third kappa shape index (κ3) is 2.15. The first-order valence-electron chi connectivity index (χ1n) is 5.78. The molecular weight excluding hydrogens is 184 g/mol. The number of anilines is 1. The molecule has 1 N–H and O–H groups in total. The van der Waals surface area contributed by atoms with Crippen molar-refractivity contribution in [3.63, 3.8) is 0 Å². The van der Waals surface area contributed by atoms with E-state index in [1.165, 1.54) is 30.5 Å². The van der Waals surface area contributed by atoms with Gasteiger partial charge in [-0.15, -0.1) is 0 Å². The molecule has 1 aliphatic carbocycles. The molecule has 0 aromatic heterocycles. The minimum absolute atomic E-state index is 0.767. The van der Waals surface area contributed by atoms with E-state index in [2.05, 4.69) is 41.5 Å². The lowest BCUT2D eigenvalue weighted by Gasteiger charge is -2.37. The van der Waals surface area contributed by atoms with Crippen LogP contribution in [-0.4, -0.2) is 20.1 Å². The Balaban J connectivity index is 2.17. The highest BCUT2D eigenvalue weighted by atomic mass is 15.1. The summed E-state index contributed by atoms with van der Waals surface area (Å²) in [5.74, 6) is 0. The predicted molar refractivity (Wildman–Crippen MR) is 65.2 cm³/mol. The highest BCUT2D eigenvalue weighted by molar-refractivity contribution is 5.54. The van der Waals surface area contributed by atoms with E-state index >= 15 is 0 Å². The maximum absolute atomic E-state index is 3.23.